The maximum atomic E-state index is 13.8. The molecule has 4 aliphatic carbocycles. The van der Waals surface area contributed by atoms with E-state index >= 15 is 0 Å². The normalized spacial score (nSPS) is 26.3. The molecular weight excluding hydrogens is 534 g/mol. The van der Waals surface area contributed by atoms with Gasteiger partial charge in [-0.15, -0.1) is 0 Å². The lowest BCUT2D eigenvalue weighted by molar-refractivity contribution is -0.139. The molecule has 0 aromatic heterocycles. The Morgan fingerprint density at radius 1 is 0.927 bits per heavy atom. The van der Waals surface area contributed by atoms with Crippen LogP contribution in [0, 0.1) is 17.8 Å². The highest BCUT2D eigenvalue weighted by atomic mass is 32.2. The summed E-state index contributed by atoms with van der Waals surface area (Å²) < 4.78 is 27.2. The van der Waals surface area contributed by atoms with Gasteiger partial charge in [0.05, 0.1) is 11.9 Å². The molecule has 41 heavy (non-hydrogen) atoms. The fourth-order valence-electron chi connectivity index (χ4n) is 7.89. The van der Waals surface area contributed by atoms with E-state index in [4.69, 9.17) is 0 Å². The number of nitrogens with zero attached hydrogens (tertiary/aromatic N) is 2. The molecule has 0 heterocycles. The molecule has 4 saturated carbocycles. The molecule has 0 saturated heterocycles. The predicted octanol–water partition coefficient (Wildman–Crippen LogP) is 5.25. The molecule has 8 heteroatoms. The fraction of sp³-hybridized carbons (Fsp3) is 0.576. The van der Waals surface area contributed by atoms with Crippen molar-refractivity contribution in [1.82, 2.24) is 10.2 Å². The largest absolute Gasteiger partial charge is 0.352 e. The summed E-state index contributed by atoms with van der Waals surface area (Å²) in [6.45, 7) is 5.44. The summed E-state index contributed by atoms with van der Waals surface area (Å²) in [6.07, 6.45) is 9.71. The SMILES string of the molecule is CCC(C)NC(=O)C(C)N(Cc1ccccc1)C(=O)CN(c1ccc(C23CC4CC(CC(C4)C2)C3)cc1)S(C)(=O)=O. The minimum Gasteiger partial charge on any atom is -0.352 e. The third kappa shape index (κ3) is 6.47. The van der Waals surface area contributed by atoms with Gasteiger partial charge in [0.25, 0.3) is 0 Å². The van der Waals surface area contributed by atoms with E-state index in [1.165, 1.54) is 53.3 Å². The van der Waals surface area contributed by atoms with Crippen molar-refractivity contribution >= 4 is 27.5 Å². The Kier molecular flexibility index (Phi) is 8.51. The van der Waals surface area contributed by atoms with Gasteiger partial charge in [-0.3, -0.25) is 13.9 Å². The van der Waals surface area contributed by atoms with E-state index in [9.17, 15) is 18.0 Å². The van der Waals surface area contributed by atoms with Crippen molar-refractivity contribution in [3.05, 3.63) is 65.7 Å². The molecule has 0 aliphatic heterocycles. The third-order valence-corrected chi connectivity index (χ3v) is 11.0. The first kappa shape index (κ1) is 29.6. The number of sulfonamides is 1. The van der Waals surface area contributed by atoms with E-state index in [1.54, 1.807) is 6.92 Å². The van der Waals surface area contributed by atoms with E-state index in [0.717, 1.165) is 36.0 Å². The highest BCUT2D eigenvalue weighted by Crippen LogP contribution is 2.60. The zero-order valence-electron chi connectivity index (χ0n) is 24.9. The molecule has 222 valence electrons. The number of amides is 2. The summed E-state index contributed by atoms with van der Waals surface area (Å²) in [5.41, 5.74) is 2.87. The minimum atomic E-state index is -3.76. The Balaban J connectivity index is 1.37. The lowest BCUT2D eigenvalue weighted by Gasteiger charge is -2.57. The summed E-state index contributed by atoms with van der Waals surface area (Å²) in [4.78, 5) is 28.4. The lowest BCUT2D eigenvalue weighted by atomic mass is 9.48. The maximum Gasteiger partial charge on any atom is 0.244 e. The quantitative estimate of drug-likeness (QED) is 0.394. The minimum absolute atomic E-state index is 0.0290. The highest BCUT2D eigenvalue weighted by molar-refractivity contribution is 7.92. The van der Waals surface area contributed by atoms with Crippen LogP contribution in [0.3, 0.4) is 0 Å². The monoisotopic (exact) mass is 579 g/mol. The zero-order chi connectivity index (χ0) is 29.4. The predicted molar refractivity (Wildman–Crippen MR) is 163 cm³/mol. The van der Waals surface area contributed by atoms with Crippen LogP contribution in [-0.2, 0) is 31.6 Å². The molecule has 1 N–H and O–H groups in total. The van der Waals surface area contributed by atoms with Crippen molar-refractivity contribution in [2.75, 3.05) is 17.1 Å². The molecule has 0 radical (unpaired) electrons. The van der Waals surface area contributed by atoms with Crippen LogP contribution < -0.4 is 9.62 Å². The molecule has 2 aromatic rings. The second-order valence-electron chi connectivity index (χ2n) is 13.0. The number of hydrogen-bond acceptors (Lipinski definition) is 4. The van der Waals surface area contributed by atoms with Gasteiger partial charge >= 0.3 is 0 Å². The van der Waals surface area contributed by atoms with Crippen molar-refractivity contribution in [2.45, 2.75) is 89.8 Å². The number of carbonyl (C=O) groups excluding carboxylic acids is 2. The van der Waals surface area contributed by atoms with Crippen molar-refractivity contribution in [1.29, 1.82) is 0 Å². The van der Waals surface area contributed by atoms with Crippen LogP contribution in [0.1, 0.15) is 76.8 Å². The van der Waals surface area contributed by atoms with Crippen molar-refractivity contribution in [3.8, 4) is 0 Å². The maximum absolute atomic E-state index is 13.8. The molecule has 0 spiro atoms. The van der Waals surface area contributed by atoms with Crippen molar-refractivity contribution in [3.63, 3.8) is 0 Å². The average molecular weight is 580 g/mol. The molecule has 4 aliphatic rings. The first-order valence-corrected chi connectivity index (χ1v) is 17.0. The molecule has 2 atom stereocenters. The van der Waals surface area contributed by atoms with Crippen LogP contribution in [0.15, 0.2) is 54.6 Å². The molecule has 7 nitrogen and oxygen atoms in total. The van der Waals surface area contributed by atoms with E-state index in [1.807, 2.05) is 56.3 Å². The summed E-state index contributed by atoms with van der Waals surface area (Å²) in [6, 6.07) is 16.6. The van der Waals surface area contributed by atoms with Gasteiger partial charge in [-0.05, 0) is 105 Å². The van der Waals surface area contributed by atoms with Crippen molar-refractivity contribution < 1.29 is 18.0 Å². The number of carbonyl (C=O) groups is 2. The molecule has 2 amide bonds. The average Bonchev–Trinajstić information content (AvgIpc) is 2.93. The van der Waals surface area contributed by atoms with E-state index in [-0.39, 0.29) is 30.5 Å². The van der Waals surface area contributed by atoms with Crippen LogP contribution in [0.5, 0.6) is 0 Å². The van der Waals surface area contributed by atoms with Gasteiger partial charge in [0.2, 0.25) is 21.8 Å². The van der Waals surface area contributed by atoms with Crippen LogP contribution >= 0.6 is 0 Å². The van der Waals surface area contributed by atoms with Gasteiger partial charge in [0.1, 0.15) is 12.6 Å². The third-order valence-electron chi connectivity index (χ3n) is 9.85. The second kappa shape index (κ2) is 11.8. The van der Waals surface area contributed by atoms with Gasteiger partial charge < -0.3 is 10.2 Å². The van der Waals surface area contributed by atoms with E-state index < -0.39 is 22.0 Å². The van der Waals surface area contributed by atoms with Gasteiger partial charge in [-0.2, -0.15) is 0 Å². The summed E-state index contributed by atoms with van der Waals surface area (Å²) >= 11 is 0. The lowest BCUT2D eigenvalue weighted by Crippen LogP contribution is -2.52. The highest BCUT2D eigenvalue weighted by Gasteiger charge is 2.51. The van der Waals surface area contributed by atoms with Gasteiger partial charge in [0, 0.05) is 12.6 Å². The number of rotatable bonds is 11. The summed E-state index contributed by atoms with van der Waals surface area (Å²) in [5, 5.41) is 2.96. The van der Waals surface area contributed by atoms with Gasteiger partial charge in [0.15, 0.2) is 0 Å². The number of nitrogens with one attached hydrogen (secondary N) is 1. The topological polar surface area (TPSA) is 86.8 Å². The van der Waals surface area contributed by atoms with E-state index in [2.05, 4.69) is 17.4 Å². The van der Waals surface area contributed by atoms with E-state index in [0.29, 0.717) is 5.69 Å². The Morgan fingerprint density at radius 3 is 2.00 bits per heavy atom. The van der Waals surface area contributed by atoms with Crippen LogP contribution in [0.4, 0.5) is 5.69 Å². The Bertz CT molecular complexity index is 1310. The molecule has 2 aromatic carbocycles. The van der Waals surface area contributed by atoms with Crippen LogP contribution in [0.2, 0.25) is 0 Å². The summed E-state index contributed by atoms with van der Waals surface area (Å²) in [5.74, 6) is 1.79. The molecule has 4 fully saturated rings. The van der Waals surface area contributed by atoms with Crippen molar-refractivity contribution in [2.24, 2.45) is 17.8 Å². The fourth-order valence-corrected chi connectivity index (χ4v) is 8.74. The summed E-state index contributed by atoms with van der Waals surface area (Å²) in [7, 11) is -3.76. The Hall–Kier alpha value is -2.87. The molecule has 2 unspecified atom stereocenters. The smallest absolute Gasteiger partial charge is 0.244 e. The van der Waals surface area contributed by atoms with Gasteiger partial charge in [-0.25, -0.2) is 8.42 Å². The molecular formula is C33H45N3O4S. The van der Waals surface area contributed by atoms with Gasteiger partial charge in [-0.1, -0.05) is 49.4 Å². The number of hydrogen-bond donors (Lipinski definition) is 1. The number of anilines is 1. The number of benzene rings is 2. The Morgan fingerprint density at radius 2 is 1.49 bits per heavy atom. The van der Waals surface area contributed by atoms with Crippen LogP contribution in [0.25, 0.3) is 0 Å². The first-order valence-electron chi connectivity index (χ1n) is 15.2. The second-order valence-corrected chi connectivity index (χ2v) is 14.9. The zero-order valence-corrected chi connectivity index (χ0v) is 25.7. The molecule has 6 rings (SSSR count). The Labute approximate surface area is 245 Å². The first-order chi connectivity index (χ1) is 19.5. The van der Waals surface area contributed by atoms with Crippen LogP contribution in [-0.4, -0.2) is 50.0 Å². The molecule has 4 bridgehead atoms. The standard InChI is InChI=1S/C33H45N3O4S/c1-5-23(2)34-32(38)24(3)35(21-25-9-7-6-8-10-25)31(37)22-36(41(4,39)40)30-13-11-29(12-14-30)33-18-26-15-27(19-33)17-28(16-26)20-33/h6-14,23-24,26-28H,5,15-22H2,1-4H3,(H,34,38).